The lowest BCUT2D eigenvalue weighted by Crippen LogP contribution is -2.14. The van der Waals surface area contributed by atoms with E-state index in [1.54, 1.807) is 0 Å². The summed E-state index contributed by atoms with van der Waals surface area (Å²) >= 11 is 0. The van der Waals surface area contributed by atoms with Gasteiger partial charge >= 0.3 is 11.9 Å². The van der Waals surface area contributed by atoms with Crippen LogP contribution in [0.1, 0.15) is 21.5 Å². The number of aryl methyl sites for hydroxylation is 1. The van der Waals surface area contributed by atoms with Crippen LogP contribution in [0.2, 0.25) is 0 Å². The van der Waals surface area contributed by atoms with E-state index >= 15 is 0 Å². The first-order valence-corrected chi connectivity index (χ1v) is 6.56. The second kappa shape index (κ2) is 6.19. The summed E-state index contributed by atoms with van der Waals surface area (Å²) in [5.74, 6) is -1.82. The van der Waals surface area contributed by atoms with Gasteiger partial charge in [-0.05, 0) is 36.8 Å². The van der Waals surface area contributed by atoms with Gasteiger partial charge in [-0.1, -0.05) is 6.07 Å². The summed E-state index contributed by atoms with van der Waals surface area (Å²) < 4.78 is 38.4. The van der Waals surface area contributed by atoms with E-state index in [9.17, 15) is 33.2 Å². The molecule has 2 rings (SSSR count). The molecule has 6 nitrogen and oxygen atoms in total. The van der Waals surface area contributed by atoms with Crippen LogP contribution >= 0.6 is 0 Å². The van der Waals surface area contributed by atoms with Crippen molar-refractivity contribution in [2.75, 3.05) is 5.32 Å². The van der Waals surface area contributed by atoms with E-state index in [0.717, 1.165) is 24.3 Å². The molecule has 9 heteroatoms. The molecule has 24 heavy (non-hydrogen) atoms. The molecule has 0 saturated carbocycles. The number of nitrogens with one attached hydrogen (secondary N) is 1. The van der Waals surface area contributed by atoms with E-state index in [4.69, 9.17) is 0 Å². The van der Waals surface area contributed by atoms with Crippen molar-refractivity contribution in [3.05, 3.63) is 63.2 Å². The fourth-order valence-electron chi connectivity index (χ4n) is 2.08. The summed E-state index contributed by atoms with van der Waals surface area (Å²) in [5, 5.41) is 22.7. The van der Waals surface area contributed by atoms with Crippen molar-refractivity contribution >= 4 is 17.3 Å². The van der Waals surface area contributed by atoms with Crippen LogP contribution in [0.3, 0.4) is 0 Å². The molecular formula is C15H11F3N2O4. The quantitative estimate of drug-likeness (QED) is 0.655. The van der Waals surface area contributed by atoms with Crippen molar-refractivity contribution in [2.24, 2.45) is 0 Å². The maximum atomic E-state index is 12.8. The summed E-state index contributed by atoms with van der Waals surface area (Å²) in [4.78, 5) is 22.0. The highest BCUT2D eigenvalue weighted by atomic mass is 19.4. The second-order valence-electron chi connectivity index (χ2n) is 4.97. The standard InChI is InChI=1S/C15H11F3N2O4/c1-8-5-9(15(16,17)18)7-10(6-8)19-14(22)11-3-2-4-12(13(11)21)20(23)24/h2-7,21H,1H3,(H,19,22). The summed E-state index contributed by atoms with van der Waals surface area (Å²) in [7, 11) is 0. The lowest BCUT2D eigenvalue weighted by molar-refractivity contribution is -0.385. The van der Waals surface area contributed by atoms with Gasteiger partial charge in [0.05, 0.1) is 16.1 Å². The number of rotatable bonds is 3. The summed E-state index contributed by atoms with van der Waals surface area (Å²) in [6.07, 6.45) is -4.58. The molecule has 2 aromatic rings. The molecule has 0 unspecified atom stereocenters. The van der Waals surface area contributed by atoms with E-state index in [-0.39, 0.29) is 11.3 Å². The zero-order chi connectivity index (χ0) is 18.1. The van der Waals surface area contributed by atoms with E-state index in [0.29, 0.717) is 0 Å². The molecule has 0 aliphatic rings. The van der Waals surface area contributed by atoms with Gasteiger partial charge in [0.25, 0.3) is 5.91 Å². The third-order valence-corrected chi connectivity index (χ3v) is 3.12. The van der Waals surface area contributed by atoms with Crippen LogP contribution in [-0.2, 0) is 6.18 Å². The third kappa shape index (κ3) is 3.62. The Morgan fingerprint density at radius 3 is 2.50 bits per heavy atom. The second-order valence-corrected chi connectivity index (χ2v) is 4.97. The Morgan fingerprint density at radius 2 is 1.92 bits per heavy atom. The van der Waals surface area contributed by atoms with Crippen molar-refractivity contribution < 1.29 is 28.0 Å². The number of nitro groups is 1. The van der Waals surface area contributed by atoms with Gasteiger partial charge in [-0.15, -0.1) is 0 Å². The van der Waals surface area contributed by atoms with Gasteiger partial charge in [0.2, 0.25) is 5.75 Å². The summed E-state index contributed by atoms with van der Waals surface area (Å²) in [6, 6.07) is 6.27. The molecule has 0 radical (unpaired) electrons. The monoisotopic (exact) mass is 340 g/mol. The van der Waals surface area contributed by atoms with E-state index < -0.39 is 39.6 Å². The summed E-state index contributed by atoms with van der Waals surface area (Å²) in [6.45, 7) is 1.43. The molecule has 0 aromatic heterocycles. The van der Waals surface area contributed by atoms with Gasteiger partial charge in [0.1, 0.15) is 0 Å². The third-order valence-electron chi connectivity index (χ3n) is 3.12. The van der Waals surface area contributed by atoms with Crippen LogP contribution in [-0.4, -0.2) is 15.9 Å². The van der Waals surface area contributed by atoms with Crippen LogP contribution in [0.15, 0.2) is 36.4 Å². The van der Waals surface area contributed by atoms with Gasteiger partial charge in [-0.3, -0.25) is 14.9 Å². The minimum absolute atomic E-state index is 0.141. The van der Waals surface area contributed by atoms with Crippen molar-refractivity contribution in [1.82, 2.24) is 0 Å². The Hall–Kier alpha value is -3.10. The van der Waals surface area contributed by atoms with Gasteiger partial charge in [-0.2, -0.15) is 13.2 Å². The number of nitrogens with zero attached hydrogens (tertiary/aromatic N) is 1. The van der Waals surface area contributed by atoms with Crippen LogP contribution in [0.5, 0.6) is 5.75 Å². The number of anilines is 1. The molecule has 0 atom stereocenters. The number of hydrogen-bond acceptors (Lipinski definition) is 4. The van der Waals surface area contributed by atoms with Crippen molar-refractivity contribution in [1.29, 1.82) is 0 Å². The SMILES string of the molecule is Cc1cc(NC(=O)c2cccc([N+](=O)[O-])c2O)cc(C(F)(F)F)c1. The van der Waals surface area contributed by atoms with Crippen LogP contribution < -0.4 is 5.32 Å². The van der Waals surface area contributed by atoms with Gasteiger partial charge in [-0.25, -0.2) is 0 Å². The van der Waals surface area contributed by atoms with Crippen molar-refractivity contribution in [2.45, 2.75) is 13.1 Å². The van der Waals surface area contributed by atoms with Gasteiger partial charge in [0, 0.05) is 11.8 Å². The number of benzene rings is 2. The predicted octanol–water partition coefficient (Wildman–Crippen LogP) is 3.88. The highest BCUT2D eigenvalue weighted by Crippen LogP contribution is 2.33. The fourth-order valence-corrected chi connectivity index (χ4v) is 2.08. The zero-order valence-electron chi connectivity index (χ0n) is 12.2. The molecule has 0 fully saturated rings. The molecule has 1 amide bonds. The maximum Gasteiger partial charge on any atom is 0.416 e. The largest absolute Gasteiger partial charge is 0.502 e. The van der Waals surface area contributed by atoms with Crippen LogP contribution in [0.4, 0.5) is 24.5 Å². The number of halogens is 3. The Morgan fingerprint density at radius 1 is 1.25 bits per heavy atom. The van der Waals surface area contributed by atoms with Crippen LogP contribution in [0.25, 0.3) is 0 Å². The minimum atomic E-state index is -4.58. The first-order valence-electron chi connectivity index (χ1n) is 6.56. The van der Waals surface area contributed by atoms with Crippen molar-refractivity contribution in [3.8, 4) is 5.75 Å². The van der Waals surface area contributed by atoms with Gasteiger partial charge < -0.3 is 10.4 Å². The summed E-state index contributed by atoms with van der Waals surface area (Å²) in [5.41, 5.74) is -1.91. The number of carbonyl (C=O) groups excluding carboxylic acids is 1. The highest BCUT2D eigenvalue weighted by Gasteiger charge is 2.31. The topological polar surface area (TPSA) is 92.5 Å². The molecule has 2 aromatic carbocycles. The zero-order valence-corrected chi connectivity index (χ0v) is 12.2. The molecule has 0 heterocycles. The fraction of sp³-hybridized carbons (Fsp3) is 0.133. The molecule has 0 aliphatic carbocycles. The molecule has 2 N–H and O–H groups in total. The van der Waals surface area contributed by atoms with Crippen molar-refractivity contribution in [3.63, 3.8) is 0 Å². The number of nitro benzene ring substituents is 1. The maximum absolute atomic E-state index is 12.8. The highest BCUT2D eigenvalue weighted by molar-refractivity contribution is 6.07. The number of aromatic hydroxyl groups is 1. The van der Waals surface area contributed by atoms with Gasteiger partial charge in [0.15, 0.2) is 0 Å². The number of phenolic OH excluding ortho intramolecular Hbond substituents is 1. The Kier molecular flexibility index (Phi) is 4.45. The average molecular weight is 340 g/mol. The first-order chi connectivity index (χ1) is 11.1. The minimum Gasteiger partial charge on any atom is -0.502 e. The number of alkyl halides is 3. The van der Waals surface area contributed by atoms with E-state index in [2.05, 4.69) is 5.32 Å². The molecule has 0 saturated heterocycles. The van der Waals surface area contributed by atoms with E-state index in [1.807, 2.05) is 0 Å². The number of amides is 1. The van der Waals surface area contributed by atoms with E-state index in [1.165, 1.54) is 19.1 Å². The molecule has 0 bridgehead atoms. The van der Waals surface area contributed by atoms with Crippen LogP contribution in [0, 0.1) is 17.0 Å². The molecule has 126 valence electrons. The Bertz CT molecular complexity index is 819. The molecule has 0 aliphatic heterocycles. The number of hydrogen-bond donors (Lipinski definition) is 2. The average Bonchev–Trinajstić information content (AvgIpc) is 2.45. The molecule has 0 spiro atoms. The lowest BCUT2D eigenvalue weighted by Gasteiger charge is -2.12. The molecular weight excluding hydrogens is 329 g/mol. The lowest BCUT2D eigenvalue weighted by atomic mass is 10.1. The Balaban J connectivity index is 2.36. The number of para-hydroxylation sites is 1. The normalized spacial score (nSPS) is 11.2. The number of carbonyl (C=O) groups is 1. The number of phenols is 1. The predicted molar refractivity (Wildman–Crippen MR) is 78.9 cm³/mol. The smallest absolute Gasteiger partial charge is 0.416 e. The first kappa shape index (κ1) is 17.3. The Labute approximate surface area is 133 Å².